The molecule has 0 saturated carbocycles. The van der Waals surface area contributed by atoms with E-state index in [1.165, 1.54) is 10.9 Å². The smallest absolute Gasteiger partial charge is 0.134 e. The summed E-state index contributed by atoms with van der Waals surface area (Å²) in [5.74, 6) is 1.59. The highest BCUT2D eigenvalue weighted by molar-refractivity contribution is 5.82. The van der Waals surface area contributed by atoms with Crippen LogP contribution in [0.3, 0.4) is 0 Å². The molecule has 3 heteroatoms. The number of hydrogen-bond donors (Lipinski definition) is 1. The van der Waals surface area contributed by atoms with Crippen molar-refractivity contribution < 1.29 is 4.42 Å². The van der Waals surface area contributed by atoms with E-state index in [1.807, 2.05) is 12.1 Å². The van der Waals surface area contributed by atoms with Crippen molar-refractivity contribution in [1.82, 2.24) is 4.90 Å². The van der Waals surface area contributed by atoms with Crippen molar-refractivity contribution in [3.63, 3.8) is 0 Å². The summed E-state index contributed by atoms with van der Waals surface area (Å²) in [6, 6.07) is 8.19. The third-order valence-electron chi connectivity index (χ3n) is 3.42. The lowest BCUT2D eigenvalue weighted by atomic mass is 10.1. The van der Waals surface area contributed by atoms with Crippen molar-refractivity contribution in [2.75, 3.05) is 13.1 Å². The van der Waals surface area contributed by atoms with Crippen molar-refractivity contribution in [1.29, 1.82) is 0 Å². The van der Waals surface area contributed by atoms with Gasteiger partial charge in [-0.25, -0.2) is 0 Å². The topological polar surface area (TPSA) is 42.4 Å². The van der Waals surface area contributed by atoms with Gasteiger partial charge >= 0.3 is 0 Å². The molecule has 0 aliphatic rings. The van der Waals surface area contributed by atoms with Gasteiger partial charge in [0, 0.05) is 24.0 Å². The van der Waals surface area contributed by atoms with Crippen LogP contribution in [-0.4, -0.2) is 18.0 Å². The van der Waals surface area contributed by atoms with Gasteiger partial charge in [-0.2, -0.15) is 0 Å². The van der Waals surface area contributed by atoms with Crippen LogP contribution in [0, 0.1) is 5.92 Å². The first-order chi connectivity index (χ1) is 9.15. The van der Waals surface area contributed by atoms with Gasteiger partial charge in [0.2, 0.25) is 0 Å². The second-order valence-corrected chi connectivity index (χ2v) is 5.43. The van der Waals surface area contributed by atoms with Crippen LogP contribution < -0.4 is 5.73 Å². The van der Waals surface area contributed by atoms with Crippen molar-refractivity contribution in [2.24, 2.45) is 11.7 Å². The van der Waals surface area contributed by atoms with E-state index < -0.39 is 0 Å². The Hall–Kier alpha value is -1.32. The summed E-state index contributed by atoms with van der Waals surface area (Å²) in [4.78, 5) is 2.45. The molecule has 0 fully saturated rings. The SMILES string of the molecule is CCN(Cc1c(CN)oc2ccccc12)CC(C)C. The summed E-state index contributed by atoms with van der Waals surface area (Å²) in [6.45, 7) is 10.2. The van der Waals surface area contributed by atoms with Gasteiger partial charge in [-0.15, -0.1) is 0 Å². The number of furan rings is 1. The van der Waals surface area contributed by atoms with Gasteiger partial charge in [-0.05, 0) is 18.5 Å². The Morgan fingerprint density at radius 1 is 1.26 bits per heavy atom. The van der Waals surface area contributed by atoms with Crippen LogP contribution in [0.25, 0.3) is 11.0 Å². The number of rotatable bonds is 6. The minimum absolute atomic E-state index is 0.462. The zero-order chi connectivity index (χ0) is 13.8. The van der Waals surface area contributed by atoms with Gasteiger partial charge in [0.1, 0.15) is 11.3 Å². The third kappa shape index (κ3) is 3.17. The molecule has 0 aliphatic heterocycles. The normalized spacial score (nSPS) is 11.9. The average Bonchev–Trinajstić information content (AvgIpc) is 2.75. The van der Waals surface area contributed by atoms with E-state index in [2.05, 4.69) is 37.8 Å². The minimum Gasteiger partial charge on any atom is -0.459 e. The lowest BCUT2D eigenvalue weighted by Gasteiger charge is -2.22. The number of para-hydroxylation sites is 1. The molecular formula is C16H24N2O. The number of nitrogens with two attached hydrogens (primary N) is 1. The van der Waals surface area contributed by atoms with Crippen molar-refractivity contribution in [3.8, 4) is 0 Å². The number of fused-ring (bicyclic) bond motifs is 1. The van der Waals surface area contributed by atoms with E-state index in [4.69, 9.17) is 10.2 Å². The molecule has 1 aromatic heterocycles. The summed E-state index contributed by atoms with van der Waals surface area (Å²) in [6.07, 6.45) is 0. The fourth-order valence-electron chi connectivity index (χ4n) is 2.53. The van der Waals surface area contributed by atoms with Gasteiger partial charge in [-0.1, -0.05) is 39.0 Å². The van der Waals surface area contributed by atoms with Gasteiger partial charge < -0.3 is 10.2 Å². The molecule has 3 nitrogen and oxygen atoms in total. The molecule has 0 bridgehead atoms. The quantitative estimate of drug-likeness (QED) is 0.866. The predicted molar refractivity (Wildman–Crippen MR) is 79.9 cm³/mol. The molecule has 2 rings (SSSR count). The highest BCUT2D eigenvalue weighted by Crippen LogP contribution is 2.27. The van der Waals surface area contributed by atoms with E-state index in [1.54, 1.807) is 0 Å². The molecule has 2 aromatic rings. The molecule has 2 N–H and O–H groups in total. The molecule has 0 spiro atoms. The number of hydrogen-bond acceptors (Lipinski definition) is 3. The largest absolute Gasteiger partial charge is 0.459 e. The van der Waals surface area contributed by atoms with E-state index >= 15 is 0 Å². The highest BCUT2D eigenvalue weighted by atomic mass is 16.3. The molecule has 0 amide bonds. The van der Waals surface area contributed by atoms with Crippen LogP contribution in [-0.2, 0) is 13.1 Å². The standard InChI is InChI=1S/C16H24N2O/c1-4-18(10-12(2)3)11-14-13-7-5-6-8-15(13)19-16(14)9-17/h5-8,12H,4,9-11,17H2,1-3H3. The molecule has 0 radical (unpaired) electrons. The highest BCUT2D eigenvalue weighted by Gasteiger charge is 2.15. The maximum atomic E-state index is 5.85. The van der Waals surface area contributed by atoms with E-state index in [0.717, 1.165) is 31.0 Å². The zero-order valence-electron chi connectivity index (χ0n) is 12.1. The zero-order valence-corrected chi connectivity index (χ0v) is 12.1. The van der Waals surface area contributed by atoms with E-state index in [9.17, 15) is 0 Å². The number of benzene rings is 1. The van der Waals surface area contributed by atoms with Crippen molar-refractivity contribution in [3.05, 3.63) is 35.6 Å². The van der Waals surface area contributed by atoms with E-state index in [-0.39, 0.29) is 0 Å². The summed E-state index contributed by atoms with van der Waals surface area (Å²) < 4.78 is 5.85. The summed E-state index contributed by atoms with van der Waals surface area (Å²) in [5.41, 5.74) is 8.01. The van der Waals surface area contributed by atoms with Gasteiger partial charge in [0.05, 0.1) is 6.54 Å². The van der Waals surface area contributed by atoms with Crippen LogP contribution in [0.4, 0.5) is 0 Å². The van der Waals surface area contributed by atoms with E-state index in [0.29, 0.717) is 12.5 Å². The third-order valence-corrected chi connectivity index (χ3v) is 3.42. The summed E-state index contributed by atoms with van der Waals surface area (Å²) in [5, 5.41) is 1.20. The Morgan fingerprint density at radius 2 is 2.00 bits per heavy atom. The first-order valence-corrected chi connectivity index (χ1v) is 7.07. The lowest BCUT2D eigenvalue weighted by molar-refractivity contribution is 0.247. The molecule has 0 unspecified atom stereocenters. The fraction of sp³-hybridized carbons (Fsp3) is 0.500. The first kappa shape index (κ1) is 14.1. The number of nitrogens with zero attached hydrogens (tertiary/aromatic N) is 1. The summed E-state index contributed by atoms with van der Waals surface area (Å²) in [7, 11) is 0. The minimum atomic E-state index is 0.462. The average molecular weight is 260 g/mol. The second kappa shape index (κ2) is 6.22. The molecule has 0 aliphatic carbocycles. The van der Waals surface area contributed by atoms with Crippen LogP contribution in [0.15, 0.2) is 28.7 Å². The molecule has 0 atom stereocenters. The Kier molecular flexibility index (Phi) is 4.61. The Labute approximate surface area is 115 Å². The lowest BCUT2D eigenvalue weighted by Crippen LogP contribution is -2.27. The predicted octanol–water partition coefficient (Wildman–Crippen LogP) is 3.37. The van der Waals surface area contributed by atoms with Crippen LogP contribution in [0.1, 0.15) is 32.1 Å². The van der Waals surface area contributed by atoms with Gasteiger partial charge in [-0.3, -0.25) is 4.90 Å². The molecule has 19 heavy (non-hydrogen) atoms. The molecule has 1 aromatic carbocycles. The molecule has 1 heterocycles. The van der Waals surface area contributed by atoms with Crippen molar-refractivity contribution >= 4 is 11.0 Å². The summed E-state index contributed by atoms with van der Waals surface area (Å²) >= 11 is 0. The maximum Gasteiger partial charge on any atom is 0.134 e. The maximum absolute atomic E-state index is 5.85. The van der Waals surface area contributed by atoms with Gasteiger partial charge in [0.15, 0.2) is 0 Å². The van der Waals surface area contributed by atoms with Crippen LogP contribution >= 0.6 is 0 Å². The first-order valence-electron chi connectivity index (χ1n) is 7.07. The monoisotopic (exact) mass is 260 g/mol. The Morgan fingerprint density at radius 3 is 2.63 bits per heavy atom. The molecular weight excluding hydrogens is 236 g/mol. The van der Waals surface area contributed by atoms with Crippen LogP contribution in [0.2, 0.25) is 0 Å². The molecule has 104 valence electrons. The van der Waals surface area contributed by atoms with Gasteiger partial charge in [0.25, 0.3) is 0 Å². The van der Waals surface area contributed by atoms with Crippen LogP contribution in [0.5, 0.6) is 0 Å². The molecule has 0 saturated heterocycles. The Balaban J connectivity index is 2.32. The van der Waals surface area contributed by atoms with Crippen molar-refractivity contribution in [2.45, 2.75) is 33.9 Å². The Bertz CT molecular complexity index is 531. The second-order valence-electron chi connectivity index (χ2n) is 5.43. The fourth-order valence-corrected chi connectivity index (χ4v) is 2.53.